The topological polar surface area (TPSA) is 110 Å². The Morgan fingerprint density at radius 2 is 1.81 bits per heavy atom. The maximum absolute atomic E-state index is 13.1. The molecule has 1 amide bonds. The molecule has 0 radical (unpaired) electrons. The summed E-state index contributed by atoms with van der Waals surface area (Å²) in [4.78, 5) is 23.2. The molecule has 1 heterocycles. The summed E-state index contributed by atoms with van der Waals surface area (Å²) in [5.41, 5.74) is 2.03. The number of nitro groups is 1. The number of carbonyl (C=O) groups is 1. The molecule has 1 aliphatic rings. The van der Waals surface area contributed by atoms with Crippen molar-refractivity contribution in [2.24, 2.45) is 5.92 Å². The van der Waals surface area contributed by atoms with Gasteiger partial charge in [-0.2, -0.15) is 4.31 Å². The average molecular weight is 446 g/mol. The van der Waals surface area contributed by atoms with Crippen LogP contribution in [0, 0.1) is 23.0 Å². The number of carbonyl (C=O) groups excluding carboxylic acids is 1. The standard InChI is InChI=1S/C22H27N3O5S/c1-15(2)19-6-4-5-7-20(19)23-22(26)17-10-12-24(13-11-17)31(29,30)21-14-18(25(27)28)9-8-16(21)3/h4-9,14-15,17H,10-13H2,1-3H3,(H,23,26). The van der Waals surface area contributed by atoms with Crippen LogP contribution < -0.4 is 5.32 Å². The maximum atomic E-state index is 13.1. The SMILES string of the molecule is Cc1ccc([N+](=O)[O-])cc1S(=O)(=O)N1CCC(C(=O)Nc2ccccc2C(C)C)CC1. The fourth-order valence-corrected chi connectivity index (χ4v) is 5.54. The van der Waals surface area contributed by atoms with Crippen LogP contribution in [0.5, 0.6) is 0 Å². The van der Waals surface area contributed by atoms with Crippen molar-refractivity contribution in [3.05, 3.63) is 63.7 Å². The fourth-order valence-electron chi connectivity index (χ4n) is 3.83. The Kier molecular flexibility index (Phi) is 6.76. The van der Waals surface area contributed by atoms with Gasteiger partial charge in [0.2, 0.25) is 15.9 Å². The molecule has 8 nitrogen and oxygen atoms in total. The molecule has 0 aromatic heterocycles. The lowest BCUT2D eigenvalue weighted by molar-refractivity contribution is -0.385. The van der Waals surface area contributed by atoms with E-state index in [9.17, 15) is 23.3 Å². The predicted molar refractivity (Wildman–Crippen MR) is 118 cm³/mol. The fraction of sp³-hybridized carbons (Fsp3) is 0.409. The van der Waals surface area contributed by atoms with E-state index >= 15 is 0 Å². The molecule has 0 unspecified atom stereocenters. The summed E-state index contributed by atoms with van der Waals surface area (Å²) in [6.07, 6.45) is 0.783. The zero-order valence-electron chi connectivity index (χ0n) is 17.9. The van der Waals surface area contributed by atoms with Crippen LogP contribution in [0.2, 0.25) is 0 Å². The first-order chi connectivity index (χ1) is 14.6. The lowest BCUT2D eigenvalue weighted by atomic mass is 9.96. The molecule has 9 heteroatoms. The van der Waals surface area contributed by atoms with Crippen LogP contribution >= 0.6 is 0 Å². The van der Waals surface area contributed by atoms with Crippen LogP contribution in [0.15, 0.2) is 47.4 Å². The van der Waals surface area contributed by atoms with Gasteiger partial charge in [-0.05, 0) is 42.9 Å². The number of para-hydroxylation sites is 1. The number of hydrogen-bond donors (Lipinski definition) is 1. The van der Waals surface area contributed by atoms with Gasteiger partial charge in [0.15, 0.2) is 0 Å². The smallest absolute Gasteiger partial charge is 0.270 e. The molecule has 2 aromatic carbocycles. The third-order valence-corrected chi connectivity index (χ3v) is 7.71. The van der Waals surface area contributed by atoms with E-state index in [1.807, 2.05) is 24.3 Å². The Labute approximate surface area is 182 Å². The molecule has 1 aliphatic heterocycles. The van der Waals surface area contributed by atoms with Crippen molar-refractivity contribution in [3.8, 4) is 0 Å². The first-order valence-electron chi connectivity index (χ1n) is 10.3. The van der Waals surface area contributed by atoms with Gasteiger partial charge in [-0.15, -0.1) is 0 Å². The van der Waals surface area contributed by atoms with Crippen molar-refractivity contribution in [2.45, 2.75) is 44.4 Å². The van der Waals surface area contributed by atoms with E-state index in [1.165, 1.54) is 16.4 Å². The van der Waals surface area contributed by atoms with E-state index in [4.69, 9.17) is 0 Å². The number of sulfonamides is 1. The summed E-state index contributed by atoms with van der Waals surface area (Å²) >= 11 is 0. The van der Waals surface area contributed by atoms with Crippen LogP contribution in [0.4, 0.5) is 11.4 Å². The first kappa shape index (κ1) is 22.9. The highest BCUT2D eigenvalue weighted by atomic mass is 32.2. The highest BCUT2D eigenvalue weighted by Crippen LogP contribution is 2.30. The number of nitro benzene ring substituents is 1. The van der Waals surface area contributed by atoms with Gasteiger partial charge >= 0.3 is 0 Å². The lowest BCUT2D eigenvalue weighted by Gasteiger charge is -2.31. The number of nitrogens with zero attached hydrogens (tertiary/aromatic N) is 2. The molecular formula is C22H27N3O5S. The summed E-state index contributed by atoms with van der Waals surface area (Å²) in [6.45, 7) is 6.11. The molecular weight excluding hydrogens is 418 g/mol. The summed E-state index contributed by atoms with van der Waals surface area (Å²) in [7, 11) is -3.88. The number of benzene rings is 2. The van der Waals surface area contributed by atoms with Gasteiger partial charge in [0, 0.05) is 36.8 Å². The minimum atomic E-state index is -3.88. The second kappa shape index (κ2) is 9.15. The summed E-state index contributed by atoms with van der Waals surface area (Å²) < 4.78 is 27.5. The predicted octanol–water partition coefficient (Wildman–Crippen LogP) is 4.07. The van der Waals surface area contributed by atoms with Gasteiger partial charge < -0.3 is 5.32 Å². The summed E-state index contributed by atoms with van der Waals surface area (Å²) in [5, 5.41) is 14.0. The van der Waals surface area contributed by atoms with Gasteiger partial charge in [-0.25, -0.2) is 8.42 Å². The molecule has 1 fully saturated rings. The zero-order chi connectivity index (χ0) is 22.8. The Hall–Kier alpha value is -2.78. The van der Waals surface area contributed by atoms with Crippen molar-refractivity contribution >= 4 is 27.3 Å². The van der Waals surface area contributed by atoms with Gasteiger partial charge in [0.05, 0.1) is 9.82 Å². The molecule has 3 rings (SSSR count). The number of amides is 1. The van der Waals surface area contributed by atoms with Gasteiger partial charge in [0.1, 0.15) is 0 Å². The monoisotopic (exact) mass is 445 g/mol. The quantitative estimate of drug-likeness (QED) is 0.532. The van der Waals surface area contributed by atoms with E-state index in [-0.39, 0.29) is 41.4 Å². The van der Waals surface area contributed by atoms with Crippen LogP contribution in [-0.2, 0) is 14.8 Å². The number of piperidine rings is 1. The number of non-ortho nitro benzene ring substituents is 1. The number of hydrogen-bond acceptors (Lipinski definition) is 5. The Morgan fingerprint density at radius 3 is 2.42 bits per heavy atom. The average Bonchev–Trinajstić information content (AvgIpc) is 2.74. The van der Waals surface area contributed by atoms with E-state index in [1.54, 1.807) is 6.92 Å². The summed E-state index contributed by atoms with van der Waals surface area (Å²) in [6, 6.07) is 11.5. The maximum Gasteiger partial charge on any atom is 0.270 e. The molecule has 1 saturated heterocycles. The number of aryl methyl sites for hydroxylation is 1. The third kappa shape index (κ3) is 4.94. The minimum Gasteiger partial charge on any atom is -0.326 e. The molecule has 31 heavy (non-hydrogen) atoms. The Bertz CT molecular complexity index is 1090. The van der Waals surface area contributed by atoms with Gasteiger partial charge in [0.25, 0.3) is 5.69 Å². The van der Waals surface area contributed by atoms with Crippen molar-refractivity contribution in [2.75, 3.05) is 18.4 Å². The number of anilines is 1. The van der Waals surface area contributed by atoms with Crippen LogP contribution in [0.3, 0.4) is 0 Å². The van der Waals surface area contributed by atoms with E-state index in [0.717, 1.165) is 17.3 Å². The van der Waals surface area contributed by atoms with Crippen molar-refractivity contribution in [1.29, 1.82) is 0 Å². The first-order valence-corrected chi connectivity index (χ1v) is 11.7. The molecule has 0 saturated carbocycles. The van der Waals surface area contributed by atoms with Crippen molar-refractivity contribution in [3.63, 3.8) is 0 Å². The summed E-state index contributed by atoms with van der Waals surface area (Å²) in [5.74, 6) is -0.142. The highest BCUT2D eigenvalue weighted by molar-refractivity contribution is 7.89. The minimum absolute atomic E-state index is 0.0598. The Morgan fingerprint density at radius 1 is 1.16 bits per heavy atom. The van der Waals surface area contributed by atoms with Gasteiger partial charge in [-0.3, -0.25) is 14.9 Å². The van der Waals surface area contributed by atoms with Crippen LogP contribution in [-0.4, -0.2) is 36.6 Å². The molecule has 2 aromatic rings. The highest BCUT2D eigenvalue weighted by Gasteiger charge is 2.33. The largest absolute Gasteiger partial charge is 0.326 e. The third-order valence-electron chi connectivity index (χ3n) is 5.67. The molecule has 166 valence electrons. The molecule has 0 spiro atoms. The van der Waals surface area contributed by atoms with Crippen LogP contribution in [0.25, 0.3) is 0 Å². The van der Waals surface area contributed by atoms with Crippen molar-refractivity contribution < 1.29 is 18.1 Å². The van der Waals surface area contributed by atoms with Crippen molar-refractivity contribution in [1.82, 2.24) is 4.31 Å². The molecule has 0 atom stereocenters. The second-order valence-electron chi connectivity index (χ2n) is 8.12. The number of rotatable bonds is 6. The van der Waals surface area contributed by atoms with E-state index < -0.39 is 14.9 Å². The number of nitrogens with one attached hydrogen (secondary N) is 1. The van der Waals surface area contributed by atoms with Crippen LogP contribution in [0.1, 0.15) is 43.7 Å². The second-order valence-corrected chi connectivity index (χ2v) is 10.0. The molecule has 0 aliphatic carbocycles. The molecule has 0 bridgehead atoms. The van der Waals surface area contributed by atoms with Gasteiger partial charge in [-0.1, -0.05) is 38.1 Å². The zero-order valence-corrected chi connectivity index (χ0v) is 18.7. The van der Waals surface area contributed by atoms with E-state index in [0.29, 0.717) is 18.4 Å². The molecule has 1 N–H and O–H groups in total. The van der Waals surface area contributed by atoms with E-state index in [2.05, 4.69) is 19.2 Å². The Balaban J connectivity index is 1.70. The normalized spacial score (nSPS) is 15.7. The lowest BCUT2D eigenvalue weighted by Crippen LogP contribution is -2.41.